The van der Waals surface area contributed by atoms with Gasteiger partial charge in [-0.15, -0.1) is 0 Å². The third kappa shape index (κ3) is 3.07. The first-order chi connectivity index (χ1) is 9.90. The SMILES string of the molecule is Cc1c([N+](=O)[O-])cnn1C(C)C(=O)NCc1cnn(C)c1. The fourth-order valence-electron chi connectivity index (χ4n) is 2.00. The van der Waals surface area contributed by atoms with Crippen LogP contribution in [0.4, 0.5) is 5.69 Å². The minimum Gasteiger partial charge on any atom is -0.350 e. The molecule has 0 spiro atoms. The molecular formula is C12H16N6O3. The molecule has 1 unspecified atom stereocenters. The summed E-state index contributed by atoms with van der Waals surface area (Å²) < 4.78 is 2.99. The van der Waals surface area contributed by atoms with Crippen molar-refractivity contribution in [3.63, 3.8) is 0 Å². The number of nitrogens with zero attached hydrogens (tertiary/aromatic N) is 5. The third-order valence-corrected chi connectivity index (χ3v) is 3.19. The lowest BCUT2D eigenvalue weighted by atomic mass is 10.2. The average molecular weight is 292 g/mol. The van der Waals surface area contributed by atoms with E-state index in [-0.39, 0.29) is 11.6 Å². The fourth-order valence-corrected chi connectivity index (χ4v) is 2.00. The number of carbonyl (C=O) groups excluding carboxylic acids is 1. The number of aromatic nitrogens is 4. The molecule has 0 aromatic carbocycles. The molecule has 9 nitrogen and oxygen atoms in total. The number of carbonyl (C=O) groups is 1. The van der Waals surface area contributed by atoms with Gasteiger partial charge >= 0.3 is 5.69 Å². The zero-order chi connectivity index (χ0) is 15.6. The van der Waals surface area contributed by atoms with Crippen molar-refractivity contribution in [1.29, 1.82) is 0 Å². The molecule has 0 aliphatic rings. The molecule has 0 fully saturated rings. The Bertz CT molecular complexity index is 674. The first-order valence-corrected chi connectivity index (χ1v) is 6.34. The minimum absolute atomic E-state index is 0.0955. The van der Waals surface area contributed by atoms with E-state index in [4.69, 9.17) is 0 Å². The molecule has 21 heavy (non-hydrogen) atoms. The maximum atomic E-state index is 12.1. The smallest absolute Gasteiger partial charge is 0.309 e. The predicted molar refractivity (Wildman–Crippen MR) is 73.4 cm³/mol. The van der Waals surface area contributed by atoms with Crippen molar-refractivity contribution in [2.24, 2.45) is 7.05 Å². The van der Waals surface area contributed by atoms with E-state index in [1.807, 2.05) is 0 Å². The highest BCUT2D eigenvalue weighted by atomic mass is 16.6. The number of hydrogen-bond donors (Lipinski definition) is 1. The molecule has 1 N–H and O–H groups in total. The Balaban J connectivity index is 2.03. The molecule has 9 heteroatoms. The summed E-state index contributed by atoms with van der Waals surface area (Å²) in [5.74, 6) is -0.264. The Morgan fingerprint density at radius 1 is 1.48 bits per heavy atom. The first-order valence-electron chi connectivity index (χ1n) is 6.34. The van der Waals surface area contributed by atoms with Crippen LogP contribution < -0.4 is 5.32 Å². The Morgan fingerprint density at radius 3 is 2.71 bits per heavy atom. The van der Waals surface area contributed by atoms with Gasteiger partial charge < -0.3 is 5.32 Å². The molecule has 1 atom stereocenters. The predicted octanol–water partition coefficient (Wildman–Crippen LogP) is 0.711. The zero-order valence-electron chi connectivity index (χ0n) is 12.0. The van der Waals surface area contributed by atoms with Gasteiger partial charge in [0.15, 0.2) is 0 Å². The second kappa shape index (κ2) is 5.73. The lowest BCUT2D eigenvalue weighted by Crippen LogP contribution is -2.31. The maximum absolute atomic E-state index is 12.1. The summed E-state index contributed by atoms with van der Waals surface area (Å²) in [6.45, 7) is 3.55. The van der Waals surface area contributed by atoms with Gasteiger partial charge in [-0.3, -0.25) is 24.3 Å². The van der Waals surface area contributed by atoms with Crippen molar-refractivity contribution in [2.75, 3.05) is 0 Å². The van der Waals surface area contributed by atoms with E-state index in [2.05, 4.69) is 15.5 Å². The van der Waals surface area contributed by atoms with E-state index in [0.29, 0.717) is 12.2 Å². The molecule has 2 heterocycles. The highest BCUT2D eigenvalue weighted by Crippen LogP contribution is 2.19. The molecule has 2 rings (SSSR count). The molecule has 0 radical (unpaired) electrons. The number of hydrogen-bond acceptors (Lipinski definition) is 5. The summed E-state index contributed by atoms with van der Waals surface area (Å²) in [5.41, 5.74) is 1.13. The van der Waals surface area contributed by atoms with Crippen molar-refractivity contribution in [3.05, 3.63) is 40.0 Å². The van der Waals surface area contributed by atoms with Crippen molar-refractivity contribution < 1.29 is 9.72 Å². The summed E-state index contributed by atoms with van der Waals surface area (Å²) in [4.78, 5) is 22.4. The van der Waals surface area contributed by atoms with Crippen LogP contribution in [0.15, 0.2) is 18.6 Å². The van der Waals surface area contributed by atoms with Crippen LogP contribution in [0.5, 0.6) is 0 Å². The average Bonchev–Trinajstić information content (AvgIpc) is 3.01. The van der Waals surface area contributed by atoms with Gasteiger partial charge in [0.25, 0.3) is 0 Å². The van der Waals surface area contributed by atoms with E-state index in [0.717, 1.165) is 11.8 Å². The van der Waals surface area contributed by atoms with E-state index in [1.54, 1.807) is 38.0 Å². The van der Waals surface area contributed by atoms with Gasteiger partial charge in [-0.2, -0.15) is 10.2 Å². The Hall–Kier alpha value is -2.71. The van der Waals surface area contributed by atoms with Crippen molar-refractivity contribution in [1.82, 2.24) is 24.9 Å². The van der Waals surface area contributed by atoms with Crippen LogP contribution in [0.3, 0.4) is 0 Å². The number of amides is 1. The van der Waals surface area contributed by atoms with E-state index in [9.17, 15) is 14.9 Å². The van der Waals surface area contributed by atoms with Crippen LogP contribution in [0, 0.1) is 17.0 Å². The summed E-state index contributed by atoms with van der Waals surface area (Å²) >= 11 is 0. The fraction of sp³-hybridized carbons (Fsp3) is 0.417. The molecule has 0 aliphatic heterocycles. The zero-order valence-corrected chi connectivity index (χ0v) is 12.0. The normalized spacial score (nSPS) is 12.1. The summed E-state index contributed by atoms with van der Waals surface area (Å²) in [5, 5.41) is 21.5. The molecule has 0 saturated carbocycles. The minimum atomic E-state index is -0.629. The lowest BCUT2D eigenvalue weighted by molar-refractivity contribution is -0.385. The van der Waals surface area contributed by atoms with Gasteiger partial charge in [0.05, 0.1) is 11.1 Å². The molecule has 0 saturated heterocycles. The van der Waals surface area contributed by atoms with Gasteiger partial charge in [0.2, 0.25) is 5.91 Å². The van der Waals surface area contributed by atoms with Gasteiger partial charge in [-0.25, -0.2) is 0 Å². The van der Waals surface area contributed by atoms with E-state index >= 15 is 0 Å². The second-order valence-corrected chi connectivity index (χ2v) is 4.73. The Labute approximate surface area is 120 Å². The highest BCUT2D eigenvalue weighted by Gasteiger charge is 2.23. The van der Waals surface area contributed by atoms with Crippen LogP contribution in [-0.4, -0.2) is 30.4 Å². The van der Waals surface area contributed by atoms with Crippen molar-refractivity contribution >= 4 is 11.6 Å². The van der Waals surface area contributed by atoms with Gasteiger partial charge in [-0.05, 0) is 13.8 Å². The van der Waals surface area contributed by atoms with Gasteiger partial charge in [0.1, 0.15) is 17.9 Å². The molecule has 112 valence electrons. The van der Waals surface area contributed by atoms with Crippen LogP contribution in [0.25, 0.3) is 0 Å². The molecule has 1 amide bonds. The summed E-state index contributed by atoms with van der Waals surface area (Å²) in [7, 11) is 1.79. The van der Waals surface area contributed by atoms with Crippen LogP contribution in [-0.2, 0) is 18.4 Å². The number of nitrogens with one attached hydrogen (secondary N) is 1. The van der Waals surface area contributed by atoms with Crippen molar-refractivity contribution in [3.8, 4) is 0 Å². The second-order valence-electron chi connectivity index (χ2n) is 4.73. The quantitative estimate of drug-likeness (QED) is 0.645. The lowest BCUT2D eigenvalue weighted by Gasteiger charge is -2.13. The largest absolute Gasteiger partial charge is 0.350 e. The number of nitro groups is 1. The molecule has 0 bridgehead atoms. The first kappa shape index (κ1) is 14.7. The molecule has 0 aliphatic carbocycles. The van der Waals surface area contributed by atoms with Crippen molar-refractivity contribution in [2.45, 2.75) is 26.4 Å². The van der Waals surface area contributed by atoms with Crippen LogP contribution >= 0.6 is 0 Å². The molecule has 2 aromatic rings. The van der Waals surface area contributed by atoms with Gasteiger partial charge in [0, 0.05) is 25.4 Å². The summed E-state index contributed by atoms with van der Waals surface area (Å²) in [6, 6.07) is -0.629. The monoisotopic (exact) mass is 292 g/mol. The van der Waals surface area contributed by atoms with Crippen LogP contribution in [0.1, 0.15) is 24.2 Å². The topological polar surface area (TPSA) is 108 Å². The third-order valence-electron chi connectivity index (χ3n) is 3.19. The Morgan fingerprint density at radius 2 is 2.19 bits per heavy atom. The summed E-state index contributed by atoms with van der Waals surface area (Å²) in [6.07, 6.45) is 4.62. The standard InChI is InChI=1S/C12H16N6O3/c1-8-11(18(20)21)6-15-17(8)9(2)12(19)13-4-10-5-14-16(3)7-10/h5-7,9H,4H2,1-3H3,(H,13,19). The maximum Gasteiger partial charge on any atom is 0.309 e. The van der Waals surface area contributed by atoms with Crippen LogP contribution in [0.2, 0.25) is 0 Å². The number of rotatable bonds is 5. The van der Waals surface area contributed by atoms with E-state index < -0.39 is 11.0 Å². The van der Waals surface area contributed by atoms with Gasteiger partial charge in [-0.1, -0.05) is 0 Å². The Kier molecular flexibility index (Phi) is 4.01. The highest BCUT2D eigenvalue weighted by molar-refractivity contribution is 5.79. The number of aryl methyl sites for hydroxylation is 1. The molecular weight excluding hydrogens is 276 g/mol. The molecule has 2 aromatic heterocycles. The van der Waals surface area contributed by atoms with E-state index in [1.165, 1.54) is 4.68 Å².